The first kappa shape index (κ1) is 17.4. The molecule has 0 spiro atoms. The van der Waals surface area contributed by atoms with Crippen LogP contribution in [0.1, 0.15) is 24.5 Å². The van der Waals surface area contributed by atoms with Gasteiger partial charge in [-0.05, 0) is 31.5 Å². The Labute approximate surface area is 148 Å². The minimum Gasteiger partial charge on any atom is -0.437 e. The molecule has 132 valence electrons. The van der Waals surface area contributed by atoms with Gasteiger partial charge in [-0.3, -0.25) is 14.7 Å². The number of nitrogens with zero attached hydrogens (tertiary/aromatic N) is 4. The van der Waals surface area contributed by atoms with Crippen molar-refractivity contribution in [3.63, 3.8) is 0 Å². The number of carbonyl (C=O) groups excluding carboxylic acids is 1. The SMILES string of the molecule is CN(C)C(=O)CN1CCCC(c2cncc(Oc3ccccc3)n2)C1. The van der Waals surface area contributed by atoms with E-state index in [2.05, 4.69) is 14.9 Å². The molecule has 1 fully saturated rings. The maximum absolute atomic E-state index is 11.9. The average Bonchev–Trinajstić information content (AvgIpc) is 2.63. The Morgan fingerprint density at radius 1 is 1.28 bits per heavy atom. The topological polar surface area (TPSA) is 58.6 Å². The standard InChI is InChI=1S/C19H24N4O2/c1-22(2)19(24)14-23-10-6-7-15(13-23)17-11-20-12-18(21-17)25-16-8-4-3-5-9-16/h3-5,8-9,11-12,15H,6-7,10,13-14H2,1-2H3. The van der Waals surface area contributed by atoms with E-state index < -0.39 is 0 Å². The van der Waals surface area contributed by atoms with Gasteiger partial charge in [0.1, 0.15) is 5.75 Å². The molecule has 1 saturated heterocycles. The molecule has 0 N–H and O–H groups in total. The third kappa shape index (κ3) is 4.76. The molecule has 0 bridgehead atoms. The van der Waals surface area contributed by atoms with Crippen LogP contribution in [0, 0.1) is 0 Å². The minimum absolute atomic E-state index is 0.132. The summed E-state index contributed by atoms with van der Waals surface area (Å²) in [7, 11) is 3.58. The van der Waals surface area contributed by atoms with Gasteiger partial charge in [0, 0.05) is 32.8 Å². The van der Waals surface area contributed by atoms with Gasteiger partial charge in [0.05, 0.1) is 18.4 Å². The molecular formula is C19H24N4O2. The van der Waals surface area contributed by atoms with Gasteiger partial charge in [-0.25, -0.2) is 4.98 Å². The number of piperidine rings is 1. The molecule has 1 aromatic heterocycles. The Balaban J connectivity index is 1.67. The van der Waals surface area contributed by atoms with Crippen LogP contribution in [0.25, 0.3) is 0 Å². The molecule has 1 amide bonds. The van der Waals surface area contributed by atoms with Gasteiger partial charge in [-0.1, -0.05) is 18.2 Å². The Bertz CT molecular complexity index is 706. The molecular weight excluding hydrogens is 316 g/mol. The highest BCUT2D eigenvalue weighted by molar-refractivity contribution is 5.77. The maximum Gasteiger partial charge on any atom is 0.238 e. The summed E-state index contributed by atoms with van der Waals surface area (Å²) in [5.74, 6) is 1.66. The zero-order chi connectivity index (χ0) is 17.6. The summed E-state index contributed by atoms with van der Waals surface area (Å²) in [5, 5.41) is 0. The summed E-state index contributed by atoms with van der Waals surface area (Å²) < 4.78 is 5.78. The van der Waals surface area contributed by atoms with Crippen LogP contribution in [-0.4, -0.2) is 59.4 Å². The molecule has 0 aliphatic carbocycles. The lowest BCUT2D eigenvalue weighted by Gasteiger charge is -2.32. The molecule has 6 heteroatoms. The maximum atomic E-state index is 11.9. The van der Waals surface area contributed by atoms with Gasteiger partial charge in [0.2, 0.25) is 11.8 Å². The summed E-state index contributed by atoms with van der Waals surface area (Å²) in [6.07, 6.45) is 5.54. The second-order valence-corrected chi connectivity index (χ2v) is 6.56. The monoisotopic (exact) mass is 340 g/mol. The van der Waals surface area contributed by atoms with E-state index >= 15 is 0 Å². The van der Waals surface area contributed by atoms with E-state index in [1.807, 2.05) is 30.3 Å². The largest absolute Gasteiger partial charge is 0.437 e. The molecule has 1 aliphatic rings. The van der Waals surface area contributed by atoms with Gasteiger partial charge in [0.25, 0.3) is 0 Å². The first-order chi connectivity index (χ1) is 12.1. The number of likely N-dealkylation sites (N-methyl/N-ethyl adjacent to an activating group) is 1. The Morgan fingerprint density at radius 2 is 2.08 bits per heavy atom. The van der Waals surface area contributed by atoms with Crippen molar-refractivity contribution in [1.29, 1.82) is 0 Å². The highest BCUT2D eigenvalue weighted by atomic mass is 16.5. The fourth-order valence-corrected chi connectivity index (χ4v) is 2.99. The van der Waals surface area contributed by atoms with E-state index in [1.165, 1.54) is 0 Å². The molecule has 0 radical (unpaired) electrons. The van der Waals surface area contributed by atoms with Crippen molar-refractivity contribution in [3.8, 4) is 11.6 Å². The van der Waals surface area contributed by atoms with E-state index in [0.717, 1.165) is 37.4 Å². The summed E-state index contributed by atoms with van der Waals surface area (Å²) >= 11 is 0. The van der Waals surface area contributed by atoms with Gasteiger partial charge >= 0.3 is 0 Å². The third-order valence-electron chi connectivity index (χ3n) is 4.38. The number of ether oxygens (including phenoxy) is 1. The average molecular weight is 340 g/mol. The van der Waals surface area contributed by atoms with Crippen LogP contribution in [0.2, 0.25) is 0 Å². The van der Waals surface area contributed by atoms with E-state index in [0.29, 0.717) is 12.4 Å². The summed E-state index contributed by atoms with van der Waals surface area (Å²) in [6.45, 7) is 2.23. The second kappa shape index (κ2) is 8.07. The van der Waals surface area contributed by atoms with E-state index in [-0.39, 0.29) is 11.8 Å². The third-order valence-corrected chi connectivity index (χ3v) is 4.38. The summed E-state index contributed by atoms with van der Waals surface area (Å²) in [6, 6.07) is 9.58. The molecule has 25 heavy (non-hydrogen) atoms. The number of hydrogen-bond acceptors (Lipinski definition) is 5. The van der Waals surface area contributed by atoms with E-state index in [9.17, 15) is 4.79 Å². The van der Waals surface area contributed by atoms with E-state index in [4.69, 9.17) is 4.74 Å². The quantitative estimate of drug-likeness (QED) is 0.837. The van der Waals surface area contributed by atoms with Gasteiger partial charge in [0.15, 0.2) is 0 Å². The zero-order valence-corrected chi connectivity index (χ0v) is 14.8. The van der Waals surface area contributed by atoms with Crippen molar-refractivity contribution in [1.82, 2.24) is 19.8 Å². The van der Waals surface area contributed by atoms with Crippen LogP contribution < -0.4 is 4.74 Å². The van der Waals surface area contributed by atoms with Crippen molar-refractivity contribution in [3.05, 3.63) is 48.4 Å². The molecule has 0 saturated carbocycles. The highest BCUT2D eigenvalue weighted by Crippen LogP contribution is 2.27. The van der Waals surface area contributed by atoms with Crippen molar-refractivity contribution in [2.75, 3.05) is 33.7 Å². The molecule has 1 aromatic carbocycles. The predicted molar refractivity (Wildman–Crippen MR) is 95.7 cm³/mol. The summed E-state index contributed by atoms with van der Waals surface area (Å²) in [5.41, 5.74) is 0.926. The highest BCUT2D eigenvalue weighted by Gasteiger charge is 2.24. The predicted octanol–water partition coefficient (Wildman–Crippen LogP) is 2.54. The lowest BCUT2D eigenvalue weighted by Crippen LogP contribution is -2.41. The first-order valence-electron chi connectivity index (χ1n) is 8.59. The molecule has 1 unspecified atom stereocenters. The van der Waals surface area contributed by atoms with Crippen LogP contribution in [0.5, 0.6) is 11.6 Å². The fourth-order valence-electron chi connectivity index (χ4n) is 2.99. The molecule has 2 aromatic rings. The number of amides is 1. The number of hydrogen-bond donors (Lipinski definition) is 0. The normalized spacial score (nSPS) is 17.9. The van der Waals surface area contributed by atoms with E-state index in [1.54, 1.807) is 31.4 Å². The zero-order valence-electron chi connectivity index (χ0n) is 14.8. The van der Waals surface area contributed by atoms with Crippen molar-refractivity contribution < 1.29 is 9.53 Å². The van der Waals surface area contributed by atoms with Crippen LogP contribution in [0.3, 0.4) is 0 Å². The minimum atomic E-state index is 0.132. The fraction of sp³-hybridized carbons (Fsp3) is 0.421. The smallest absolute Gasteiger partial charge is 0.238 e. The lowest BCUT2D eigenvalue weighted by molar-refractivity contribution is -0.130. The van der Waals surface area contributed by atoms with Crippen LogP contribution in [0.4, 0.5) is 0 Å². The Morgan fingerprint density at radius 3 is 2.84 bits per heavy atom. The van der Waals surface area contributed by atoms with Crippen LogP contribution in [0.15, 0.2) is 42.7 Å². The summed E-state index contributed by atoms with van der Waals surface area (Å²) in [4.78, 5) is 24.7. The number of likely N-dealkylation sites (tertiary alicyclic amines) is 1. The van der Waals surface area contributed by atoms with Crippen molar-refractivity contribution in [2.45, 2.75) is 18.8 Å². The van der Waals surface area contributed by atoms with Crippen molar-refractivity contribution in [2.24, 2.45) is 0 Å². The Hall–Kier alpha value is -2.47. The van der Waals surface area contributed by atoms with Gasteiger partial charge in [-0.2, -0.15) is 0 Å². The first-order valence-corrected chi connectivity index (χ1v) is 8.59. The second-order valence-electron chi connectivity index (χ2n) is 6.56. The van der Waals surface area contributed by atoms with Gasteiger partial charge < -0.3 is 9.64 Å². The molecule has 1 atom stereocenters. The number of rotatable bonds is 5. The molecule has 2 heterocycles. The van der Waals surface area contributed by atoms with Gasteiger partial charge in [-0.15, -0.1) is 0 Å². The Kier molecular flexibility index (Phi) is 5.60. The van der Waals surface area contributed by atoms with Crippen molar-refractivity contribution >= 4 is 5.91 Å². The number of carbonyl (C=O) groups is 1. The van der Waals surface area contributed by atoms with Crippen LogP contribution in [-0.2, 0) is 4.79 Å². The molecule has 3 rings (SSSR count). The van der Waals surface area contributed by atoms with Crippen LogP contribution >= 0.6 is 0 Å². The molecule has 6 nitrogen and oxygen atoms in total. The number of aromatic nitrogens is 2. The molecule has 1 aliphatic heterocycles. The number of benzene rings is 1. The number of para-hydroxylation sites is 1. The lowest BCUT2D eigenvalue weighted by atomic mass is 9.95.